The number of carboxylic acid groups (broad SMARTS) is 1. The summed E-state index contributed by atoms with van der Waals surface area (Å²) in [5.41, 5.74) is 0.860. The van der Waals surface area contributed by atoms with Crippen molar-refractivity contribution < 1.29 is 14.7 Å². The molecule has 0 bridgehead atoms. The fourth-order valence-electron chi connectivity index (χ4n) is 2.69. The van der Waals surface area contributed by atoms with Gasteiger partial charge in [0, 0.05) is 18.7 Å². The number of hydrogen-bond donors (Lipinski definition) is 2. The van der Waals surface area contributed by atoms with E-state index in [0.717, 1.165) is 18.5 Å². The molecule has 1 aromatic rings. The van der Waals surface area contributed by atoms with E-state index in [9.17, 15) is 14.7 Å². The van der Waals surface area contributed by atoms with Crippen LogP contribution in [0.1, 0.15) is 29.3 Å². The van der Waals surface area contributed by atoms with Gasteiger partial charge in [0.25, 0.3) is 5.91 Å². The Hall–Kier alpha value is -1.88. The first-order valence-corrected chi connectivity index (χ1v) is 7.23. The van der Waals surface area contributed by atoms with Gasteiger partial charge in [-0.3, -0.25) is 9.59 Å². The summed E-state index contributed by atoms with van der Waals surface area (Å²) >= 11 is 0. The van der Waals surface area contributed by atoms with Gasteiger partial charge in [-0.25, -0.2) is 0 Å². The van der Waals surface area contributed by atoms with Crippen LogP contribution in [0.4, 0.5) is 0 Å². The summed E-state index contributed by atoms with van der Waals surface area (Å²) in [5.74, 6) is -0.895. The van der Waals surface area contributed by atoms with E-state index in [4.69, 9.17) is 0 Å². The number of carbonyl (C=O) groups is 2. The Kier molecular flexibility index (Phi) is 4.63. The van der Waals surface area contributed by atoms with Gasteiger partial charge in [-0.15, -0.1) is 0 Å². The van der Waals surface area contributed by atoms with E-state index in [-0.39, 0.29) is 12.5 Å². The molecule has 0 saturated carbocycles. The summed E-state index contributed by atoms with van der Waals surface area (Å²) < 4.78 is 0. The summed E-state index contributed by atoms with van der Waals surface area (Å²) in [4.78, 5) is 25.6. The van der Waals surface area contributed by atoms with E-state index in [1.54, 1.807) is 11.8 Å². The number of hydrogen-bond acceptors (Lipinski definition) is 3. The third kappa shape index (κ3) is 3.24. The monoisotopic (exact) mass is 290 g/mol. The zero-order valence-electron chi connectivity index (χ0n) is 12.6. The summed E-state index contributed by atoms with van der Waals surface area (Å²) in [7, 11) is 1.88. The Morgan fingerprint density at radius 3 is 2.71 bits per heavy atom. The smallest absolute Gasteiger partial charge is 0.311 e. The van der Waals surface area contributed by atoms with Crippen LogP contribution in [-0.2, 0) is 11.2 Å². The van der Waals surface area contributed by atoms with Crippen molar-refractivity contribution in [2.24, 2.45) is 5.41 Å². The third-order valence-electron chi connectivity index (χ3n) is 4.17. The van der Waals surface area contributed by atoms with Crippen molar-refractivity contribution in [3.8, 4) is 0 Å². The van der Waals surface area contributed by atoms with Gasteiger partial charge in [-0.1, -0.05) is 18.2 Å². The Morgan fingerprint density at radius 2 is 2.10 bits per heavy atom. The van der Waals surface area contributed by atoms with Crippen molar-refractivity contribution in [2.45, 2.75) is 19.8 Å². The van der Waals surface area contributed by atoms with Gasteiger partial charge in [0.1, 0.15) is 0 Å². The Balaban J connectivity index is 2.16. The fraction of sp³-hybridized carbons (Fsp3) is 0.500. The molecule has 2 rings (SSSR count). The predicted molar refractivity (Wildman–Crippen MR) is 80.3 cm³/mol. The maximum Gasteiger partial charge on any atom is 0.311 e. The number of rotatable bonds is 5. The number of amides is 1. The lowest BCUT2D eigenvalue weighted by Gasteiger charge is -2.21. The highest BCUT2D eigenvalue weighted by Crippen LogP contribution is 2.31. The van der Waals surface area contributed by atoms with Crippen molar-refractivity contribution in [1.29, 1.82) is 0 Å². The molecule has 1 heterocycles. The lowest BCUT2D eigenvalue weighted by atomic mass is 9.90. The molecule has 0 radical (unpaired) electrons. The molecule has 0 spiro atoms. The van der Waals surface area contributed by atoms with Gasteiger partial charge in [0.2, 0.25) is 0 Å². The molecule has 1 aromatic carbocycles. The lowest BCUT2D eigenvalue weighted by molar-refractivity contribution is -0.147. The van der Waals surface area contributed by atoms with Crippen LogP contribution < -0.4 is 5.32 Å². The number of aliphatic carboxylic acids is 1. The molecule has 1 unspecified atom stereocenters. The second kappa shape index (κ2) is 6.26. The molecule has 21 heavy (non-hydrogen) atoms. The van der Waals surface area contributed by atoms with Crippen LogP contribution in [0, 0.1) is 5.41 Å². The van der Waals surface area contributed by atoms with Crippen molar-refractivity contribution in [3.05, 3.63) is 35.4 Å². The van der Waals surface area contributed by atoms with Crippen LogP contribution in [-0.4, -0.2) is 48.6 Å². The molecule has 0 aromatic heterocycles. The molecule has 5 heteroatoms. The SMILES string of the molecule is CNCCc1ccccc1C(=O)N1CCC(C)(C(=O)O)C1. The zero-order valence-corrected chi connectivity index (χ0v) is 12.6. The third-order valence-corrected chi connectivity index (χ3v) is 4.17. The number of carboxylic acids is 1. The molecule has 0 aliphatic carbocycles. The molecule has 1 aliphatic rings. The minimum atomic E-state index is -0.832. The number of nitrogens with zero attached hydrogens (tertiary/aromatic N) is 1. The largest absolute Gasteiger partial charge is 0.481 e. The Labute approximate surface area is 125 Å². The van der Waals surface area contributed by atoms with Crippen molar-refractivity contribution in [3.63, 3.8) is 0 Å². The first-order chi connectivity index (χ1) is 9.98. The standard InChI is InChI=1S/C16H22N2O3/c1-16(15(20)21)8-10-18(11-16)14(19)13-6-4-3-5-12(13)7-9-17-2/h3-6,17H,7-11H2,1-2H3,(H,20,21). The molecule has 5 nitrogen and oxygen atoms in total. The molecule has 114 valence electrons. The number of nitrogens with one attached hydrogen (secondary N) is 1. The first kappa shape index (κ1) is 15.5. The van der Waals surface area contributed by atoms with E-state index >= 15 is 0 Å². The van der Waals surface area contributed by atoms with E-state index in [1.807, 2.05) is 31.3 Å². The summed E-state index contributed by atoms with van der Waals surface area (Å²) in [6, 6.07) is 7.55. The normalized spacial score (nSPS) is 21.5. The van der Waals surface area contributed by atoms with E-state index in [1.165, 1.54) is 0 Å². The average molecular weight is 290 g/mol. The minimum absolute atomic E-state index is 0.0633. The topological polar surface area (TPSA) is 69.6 Å². The molecular weight excluding hydrogens is 268 g/mol. The van der Waals surface area contributed by atoms with Gasteiger partial charge >= 0.3 is 5.97 Å². The van der Waals surface area contributed by atoms with Crippen molar-refractivity contribution in [2.75, 3.05) is 26.7 Å². The van der Waals surface area contributed by atoms with Gasteiger partial charge in [-0.05, 0) is 45.0 Å². The number of likely N-dealkylation sites (tertiary alicyclic amines) is 1. The first-order valence-electron chi connectivity index (χ1n) is 7.23. The molecule has 1 saturated heterocycles. The van der Waals surface area contributed by atoms with Crippen molar-refractivity contribution in [1.82, 2.24) is 10.2 Å². The lowest BCUT2D eigenvalue weighted by Crippen LogP contribution is -2.35. The molecule has 1 aliphatic heterocycles. The summed E-state index contributed by atoms with van der Waals surface area (Å²) in [6.45, 7) is 3.29. The molecular formula is C16H22N2O3. The van der Waals surface area contributed by atoms with Crippen LogP contribution in [0.2, 0.25) is 0 Å². The fourth-order valence-corrected chi connectivity index (χ4v) is 2.69. The maximum absolute atomic E-state index is 12.7. The van der Waals surface area contributed by atoms with Crippen molar-refractivity contribution >= 4 is 11.9 Å². The van der Waals surface area contributed by atoms with E-state index < -0.39 is 11.4 Å². The van der Waals surface area contributed by atoms with Crippen LogP contribution in [0.25, 0.3) is 0 Å². The van der Waals surface area contributed by atoms with E-state index in [0.29, 0.717) is 18.5 Å². The zero-order chi connectivity index (χ0) is 15.5. The minimum Gasteiger partial charge on any atom is -0.481 e. The van der Waals surface area contributed by atoms with Gasteiger partial charge in [-0.2, -0.15) is 0 Å². The molecule has 1 amide bonds. The van der Waals surface area contributed by atoms with Gasteiger partial charge in [0.15, 0.2) is 0 Å². The highest BCUT2D eigenvalue weighted by molar-refractivity contribution is 5.96. The van der Waals surface area contributed by atoms with Crippen LogP contribution in [0.5, 0.6) is 0 Å². The highest BCUT2D eigenvalue weighted by atomic mass is 16.4. The van der Waals surface area contributed by atoms with E-state index in [2.05, 4.69) is 5.32 Å². The van der Waals surface area contributed by atoms with Gasteiger partial charge in [0.05, 0.1) is 5.41 Å². The van der Waals surface area contributed by atoms with Crippen LogP contribution >= 0.6 is 0 Å². The Bertz CT molecular complexity index is 544. The van der Waals surface area contributed by atoms with Crippen LogP contribution in [0.15, 0.2) is 24.3 Å². The van der Waals surface area contributed by atoms with Gasteiger partial charge < -0.3 is 15.3 Å². The molecule has 1 atom stereocenters. The Morgan fingerprint density at radius 1 is 1.38 bits per heavy atom. The number of benzene rings is 1. The molecule has 2 N–H and O–H groups in total. The maximum atomic E-state index is 12.7. The summed E-state index contributed by atoms with van der Waals surface area (Å²) in [5, 5.41) is 12.3. The highest BCUT2D eigenvalue weighted by Gasteiger charge is 2.42. The quantitative estimate of drug-likeness (QED) is 0.859. The second-order valence-electron chi connectivity index (χ2n) is 5.85. The number of likely N-dealkylation sites (N-methyl/N-ethyl adjacent to an activating group) is 1. The average Bonchev–Trinajstić information content (AvgIpc) is 2.89. The number of carbonyl (C=O) groups excluding carboxylic acids is 1. The summed E-state index contributed by atoms with van der Waals surface area (Å²) in [6.07, 6.45) is 1.29. The van der Waals surface area contributed by atoms with Crippen LogP contribution in [0.3, 0.4) is 0 Å². The molecule has 1 fully saturated rings. The predicted octanol–water partition coefficient (Wildman–Crippen LogP) is 1.39. The second-order valence-corrected chi connectivity index (χ2v) is 5.85.